The van der Waals surface area contributed by atoms with Crippen LogP contribution in [0, 0.1) is 11.3 Å². The second-order valence-electron chi connectivity index (χ2n) is 6.07. The molecule has 0 aliphatic carbocycles. The third-order valence-corrected chi connectivity index (χ3v) is 2.96. The van der Waals surface area contributed by atoms with Crippen molar-refractivity contribution < 1.29 is 14.6 Å². The maximum absolute atomic E-state index is 12.2. The zero-order valence-electron chi connectivity index (χ0n) is 12.6. The summed E-state index contributed by atoms with van der Waals surface area (Å²) in [6, 6.07) is 4.74. The van der Waals surface area contributed by atoms with Gasteiger partial charge in [-0.3, -0.25) is 4.79 Å². The average Bonchev–Trinajstić information content (AvgIpc) is 2.35. The standard InChI is InChI=1S/C15H24N2O3/c1-15(2,3)8-10(9-16)14(19)17-11-5-6-13(20-4)12(18)7-11/h5-7,10,18H,8-9,16H2,1-4H3,(H,17,19). The third kappa shape index (κ3) is 4.74. The van der Waals surface area contributed by atoms with Crippen molar-refractivity contribution in [3.05, 3.63) is 18.2 Å². The summed E-state index contributed by atoms with van der Waals surface area (Å²) in [5.41, 5.74) is 6.24. The molecule has 0 aromatic heterocycles. The van der Waals surface area contributed by atoms with E-state index in [1.165, 1.54) is 13.2 Å². The summed E-state index contributed by atoms with van der Waals surface area (Å²) in [5.74, 6) is -0.0234. The van der Waals surface area contributed by atoms with Crippen molar-refractivity contribution >= 4 is 11.6 Å². The van der Waals surface area contributed by atoms with Gasteiger partial charge in [0, 0.05) is 18.3 Å². The summed E-state index contributed by atoms with van der Waals surface area (Å²) in [4.78, 5) is 12.2. The molecule has 1 unspecified atom stereocenters. The Hall–Kier alpha value is -1.75. The molecule has 20 heavy (non-hydrogen) atoms. The van der Waals surface area contributed by atoms with Gasteiger partial charge in [-0.1, -0.05) is 20.8 Å². The van der Waals surface area contributed by atoms with Gasteiger partial charge in [-0.15, -0.1) is 0 Å². The minimum Gasteiger partial charge on any atom is -0.504 e. The minimum absolute atomic E-state index is 0.00887. The molecule has 0 bridgehead atoms. The Kier molecular flexibility index (Phi) is 5.39. The van der Waals surface area contributed by atoms with Gasteiger partial charge in [-0.05, 0) is 24.0 Å². The third-order valence-electron chi connectivity index (χ3n) is 2.96. The van der Waals surface area contributed by atoms with Crippen LogP contribution in [0.2, 0.25) is 0 Å². The highest BCUT2D eigenvalue weighted by atomic mass is 16.5. The number of phenols is 1. The Balaban J connectivity index is 2.76. The van der Waals surface area contributed by atoms with E-state index in [0.29, 0.717) is 24.4 Å². The van der Waals surface area contributed by atoms with Crippen LogP contribution in [0.1, 0.15) is 27.2 Å². The van der Waals surface area contributed by atoms with E-state index in [9.17, 15) is 9.90 Å². The van der Waals surface area contributed by atoms with Gasteiger partial charge in [0.05, 0.1) is 13.0 Å². The van der Waals surface area contributed by atoms with Gasteiger partial charge in [-0.2, -0.15) is 0 Å². The highest BCUT2D eigenvalue weighted by Crippen LogP contribution is 2.29. The largest absolute Gasteiger partial charge is 0.504 e. The molecule has 5 nitrogen and oxygen atoms in total. The number of hydrogen-bond acceptors (Lipinski definition) is 4. The molecule has 0 spiro atoms. The summed E-state index contributed by atoms with van der Waals surface area (Å²) >= 11 is 0. The molecule has 0 saturated heterocycles. The number of hydrogen-bond donors (Lipinski definition) is 3. The number of rotatable bonds is 5. The van der Waals surface area contributed by atoms with E-state index in [4.69, 9.17) is 10.5 Å². The molecule has 0 radical (unpaired) electrons. The molecule has 0 heterocycles. The molecule has 0 fully saturated rings. The fraction of sp³-hybridized carbons (Fsp3) is 0.533. The van der Waals surface area contributed by atoms with Gasteiger partial charge in [0.15, 0.2) is 11.5 Å². The van der Waals surface area contributed by atoms with E-state index in [1.54, 1.807) is 12.1 Å². The summed E-state index contributed by atoms with van der Waals surface area (Å²) in [7, 11) is 1.47. The zero-order valence-corrected chi connectivity index (χ0v) is 12.6. The molecule has 1 amide bonds. The fourth-order valence-corrected chi connectivity index (χ4v) is 2.03. The number of carbonyl (C=O) groups excluding carboxylic acids is 1. The molecule has 1 aromatic carbocycles. The Morgan fingerprint density at radius 2 is 2.10 bits per heavy atom. The second kappa shape index (κ2) is 6.61. The van der Waals surface area contributed by atoms with E-state index >= 15 is 0 Å². The van der Waals surface area contributed by atoms with Crippen LogP contribution < -0.4 is 15.8 Å². The van der Waals surface area contributed by atoms with Crippen LogP contribution in [0.4, 0.5) is 5.69 Å². The number of aromatic hydroxyl groups is 1. The number of anilines is 1. The smallest absolute Gasteiger partial charge is 0.228 e. The molecule has 0 saturated carbocycles. The molecule has 1 rings (SSSR count). The fourth-order valence-electron chi connectivity index (χ4n) is 2.03. The van der Waals surface area contributed by atoms with Gasteiger partial charge in [0.2, 0.25) is 5.91 Å². The van der Waals surface area contributed by atoms with Crippen molar-refractivity contribution in [3.8, 4) is 11.5 Å². The van der Waals surface area contributed by atoms with Crippen LogP contribution in [0.25, 0.3) is 0 Å². The first-order valence-electron chi connectivity index (χ1n) is 6.65. The SMILES string of the molecule is COc1ccc(NC(=O)C(CN)CC(C)(C)C)cc1O. The van der Waals surface area contributed by atoms with Gasteiger partial charge in [0.1, 0.15) is 0 Å². The summed E-state index contributed by atoms with van der Waals surface area (Å²) < 4.78 is 4.96. The number of nitrogens with one attached hydrogen (secondary N) is 1. The highest BCUT2D eigenvalue weighted by Gasteiger charge is 2.23. The lowest BCUT2D eigenvalue weighted by Gasteiger charge is -2.24. The maximum atomic E-state index is 12.2. The Bertz CT molecular complexity index is 467. The van der Waals surface area contributed by atoms with Crippen LogP contribution in [0.5, 0.6) is 11.5 Å². The number of carbonyl (C=O) groups is 1. The van der Waals surface area contributed by atoms with Crippen molar-refractivity contribution in [1.82, 2.24) is 0 Å². The predicted molar refractivity (Wildman–Crippen MR) is 79.9 cm³/mol. The predicted octanol–water partition coefficient (Wildman–Crippen LogP) is 2.35. The molecule has 1 atom stereocenters. The number of phenolic OH excluding ortho intramolecular Hbond substituents is 1. The molecular weight excluding hydrogens is 256 g/mol. The first kappa shape index (κ1) is 16.3. The molecule has 1 aromatic rings. The van der Waals surface area contributed by atoms with Gasteiger partial charge >= 0.3 is 0 Å². The molecular formula is C15H24N2O3. The van der Waals surface area contributed by atoms with E-state index < -0.39 is 0 Å². The lowest BCUT2D eigenvalue weighted by molar-refractivity contribution is -0.120. The first-order chi connectivity index (χ1) is 9.26. The minimum atomic E-state index is -0.251. The lowest BCUT2D eigenvalue weighted by Crippen LogP contribution is -2.32. The van der Waals surface area contributed by atoms with E-state index in [1.807, 2.05) is 0 Å². The number of amides is 1. The Morgan fingerprint density at radius 1 is 1.45 bits per heavy atom. The van der Waals surface area contributed by atoms with E-state index in [0.717, 1.165) is 0 Å². The van der Waals surface area contributed by atoms with Crippen LogP contribution in [0.15, 0.2) is 18.2 Å². The normalized spacial score (nSPS) is 12.8. The summed E-state index contributed by atoms with van der Waals surface area (Å²) in [5, 5.41) is 12.5. The quantitative estimate of drug-likeness (QED) is 0.773. The zero-order chi connectivity index (χ0) is 15.3. The van der Waals surface area contributed by atoms with Crippen molar-refractivity contribution in [2.45, 2.75) is 27.2 Å². The van der Waals surface area contributed by atoms with Gasteiger partial charge < -0.3 is 20.9 Å². The first-order valence-corrected chi connectivity index (χ1v) is 6.65. The Labute approximate surface area is 120 Å². The second-order valence-corrected chi connectivity index (χ2v) is 6.07. The van der Waals surface area contributed by atoms with Gasteiger partial charge in [-0.25, -0.2) is 0 Å². The van der Waals surface area contributed by atoms with E-state index in [-0.39, 0.29) is 23.0 Å². The molecule has 0 aliphatic rings. The van der Waals surface area contributed by atoms with E-state index in [2.05, 4.69) is 26.1 Å². The number of methoxy groups -OCH3 is 1. The van der Waals surface area contributed by atoms with Crippen LogP contribution in [-0.4, -0.2) is 24.7 Å². The van der Waals surface area contributed by atoms with Crippen molar-refractivity contribution in [2.24, 2.45) is 17.1 Å². The Morgan fingerprint density at radius 3 is 2.55 bits per heavy atom. The topological polar surface area (TPSA) is 84.6 Å². The molecule has 4 N–H and O–H groups in total. The van der Waals surface area contributed by atoms with Crippen LogP contribution >= 0.6 is 0 Å². The van der Waals surface area contributed by atoms with Gasteiger partial charge in [0.25, 0.3) is 0 Å². The number of benzene rings is 1. The van der Waals surface area contributed by atoms with Crippen molar-refractivity contribution in [2.75, 3.05) is 19.0 Å². The lowest BCUT2D eigenvalue weighted by atomic mass is 9.84. The number of ether oxygens (including phenoxy) is 1. The number of nitrogens with two attached hydrogens (primary N) is 1. The highest BCUT2D eigenvalue weighted by molar-refractivity contribution is 5.93. The maximum Gasteiger partial charge on any atom is 0.228 e. The van der Waals surface area contributed by atoms with Crippen LogP contribution in [-0.2, 0) is 4.79 Å². The van der Waals surface area contributed by atoms with Crippen LogP contribution in [0.3, 0.4) is 0 Å². The molecule has 5 heteroatoms. The van der Waals surface area contributed by atoms with Crippen molar-refractivity contribution in [3.63, 3.8) is 0 Å². The average molecular weight is 280 g/mol. The summed E-state index contributed by atoms with van der Waals surface area (Å²) in [6.45, 7) is 6.51. The molecule has 112 valence electrons. The van der Waals surface area contributed by atoms with Crippen molar-refractivity contribution in [1.29, 1.82) is 0 Å². The molecule has 0 aliphatic heterocycles. The monoisotopic (exact) mass is 280 g/mol. The summed E-state index contributed by atoms with van der Waals surface area (Å²) in [6.07, 6.45) is 0.706.